The molecule has 0 bridgehead atoms. The van der Waals surface area contributed by atoms with E-state index in [-0.39, 0.29) is 0 Å². The van der Waals surface area contributed by atoms with Crippen molar-refractivity contribution in [2.24, 2.45) is 0 Å². The van der Waals surface area contributed by atoms with E-state index < -0.39 is 0 Å². The monoisotopic (exact) mass is 1250 g/mol. The fourth-order valence-corrected chi connectivity index (χ4v) is 13.5. The fourth-order valence-electron chi connectivity index (χ4n) is 13.5. The van der Waals surface area contributed by atoms with E-state index >= 15 is 0 Å². The van der Waals surface area contributed by atoms with Crippen LogP contribution in [-0.4, -0.2) is 0 Å². The molecule has 0 saturated heterocycles. The largest absolute Gasteiger partial charge is 0.0622 e. The molecule has 0 aromatic heterocycles. The number of rotatable bonds is 20. The summed E-state index contributed by atoms with van der Waals surface area (Å²) in [6.07, 6.45) is 4.77. The van der Waals surface area contributed by atoms with Crippen molar-refractivity contribution in [2.45, 2.75) is 0 Å². The lowest BCUT2D eigenvalue weighted by Crippen LogP contribution is -2.08. The molecule has 0 N–H and O–H groups in total. The average Bonchev–Trinajstić information content (AvgIpc) is 0.733. The first-order valence-corrected chi connectivity index (χ1v) is 33.7. The van der Waals surface area contributed by atoms with Gasteiger partial charge in [-0.25, -0.2) is 0 Å². The first-order chi connectivity index (χ1) is 48.7. The SMILES string of the molecule is C(=C(/C(=C(/C(=C(/C(=C(\C(=C(\C(=C(\C(=Cc1ccccc1)c1ccccc1)c1ccccc1)c1ccccc1)c1ccccc1)c1ccccc1)c1ccccc1)c1ccccc1)c1ccccc1)c1ccccc1)c1ccccc1)c1ccccc1)c1ccccc1)c1ccccc1. The first kappa shape index (κ1) is 62.7. The van der Waals surface area contributed by atoms with Crippen molar-refractivity contribution >= 4 is 79.0 Å². The molecule has 14 aromatic rings. The van der Waals surface area contributed by atoms with Gasteiger partial charge in [0, 0.05) is 0 Å². The van der Waals surface area contributed by atoms with Gasteiger partial charge in [-0.15, -0.1) is 0 Å². The molecular weight excluding hydrogens is 1180 g/mol. The number of hydrogen-bond acceptors (Lipinski definition) is 0. The van der Waals surface area contributed by atoms with E-state index in [0.29, 0.717) is 0 Å². The Morgan fingerprint density at radius 1 is 0.112 bits per heavy atom. The maximum atomic E-state index is 2.38. The van der Waals surface area contributed by atoms with Gasteiger partial charge in [-0.05, 0) is 157 Å². The molecule has 0 nitrogen and oxygen atoms in total. The molecule has 14 aromatic carbocycles. The minimum absolute atomic E-state index is 1.04. The van der Waals surface area contributed by atoms with Crippen molar-refractivity contribution in [2.75, 3.05) is 0 Å². The fraction of sp³-hybridized carbons (Fsp3) is 0. The van der Waals surface area contributed by atoms with Crippen LogP contribution in [0.4, 0.5) is 0 Å². The Labute approximate surface area is 577 Å². The highest BCUT2D eigenvalue weighted by molar-refractivity contribution is 6.42. The molecule has 464 valence electrons. The Balaban J connectivity index is 1.31. The van der Waals surface area contributed by atoms with Crippen LogP contribution >= 0.6 is 0 Å². The quantitative estimate of drug-likeness (QED) is 0.0527. The second kappa shape index (κ2) is 31.0. The third-order valence-electron chi connectivity index (χ3n) is 17.8. The Kier molecular flexibility index (Phi) is 19.8. The second-order valence-electron chi connectivity index (χ2n) is 24.1. The molecule has 0 heterocycles. The smallest absolute Gasteiger partial charge is 0.00139 e. The Bertz CT molecular complexity index is 4810. The zero-order valence-electron chi connectivity index (χ0n) is 54.6. The van der Waals surface area contributed by atoms with Gasteiger partial charge in [0.05, 0.1) is 0 Å². The average molecular weight is 1250 g/mol. The molecule has 0 unspecified atom stereocenters. The van der Waals surface area contributed by atoms with Gasteiger partial charge < -0.3 is 0 Å². The number of allylic oxidation sites excluding steroid dienone is 12. The lowest BCUT2D eigenvalue weighted by molar-refractivity contribution is 1.52. The van der Waals surface area contributed by atoms with E-state index in [0.717, 1.165) is 145 Å². The third-order valence-corrected chi connectivity index (χ3v) is 17.8. The van der Waals surface area contributed by atoms with Gasteiger partial charge in [0.15, 0.2) is 0 Å². The van der Waals surface area contributed by atoms with Gasteiger partial charge in [-0.1, -0.05) is 425 Å². The van der Waals surface area contributed by atoms with Gasteiger partial charge in [-0.3, -0.25) is 0 Å². The molecule has 0 aliphatic carbocycles. The van der Waals surface area contributed by atoms with E-state index in [4.69, 9.17) is 0 Å². The maximum Gasteiger partial charge on any atom is -0.00139 e. The molecule has 0 heteroatoms. The highest BCUT2D eigenvalue weighted by Crippen LogP contribution is 2.56. The van der Waals surface area contributed by atoms with Crippen molar-refractivity contribution in [3.05, 3.63) is 503 Å². The number of benzene rings is 14. The molecular formula is C98H72. The van der Waals surface area contributed by atoms with Crippen LogP contribution in [0.5, 0.6) is 0 Å². The van der Waals surface area contributed by atoms with Crippen molar-refractivity contribution in [1.82, 2.24) is 0 Å². The van der Waals surface area contributed by atoms with Crippen LogP contribution in [0.3, 0.4) is 0 Å². The molecule has 14 rings (SSSR count). The molecule has 0 atom stereocenters. The zero-order valence-corrected chi connectivity index (χ0v) is 54.6. The van der Waals surface area contributed by atoms with E-state index in [9.17, 15) is 0 Å². The van der Waals surface area contributed by atoms with Crippen molar-refractivity contribution in [1.29, 1.82) is 0 Å². The van der Waals surface area contributed by atoms with Crippen LogP contribution in [0.25, 0.3) is 79.0 Å². The summed E-state index contributed by atoms with van der Waals surface area (Å²) in [5.41, 5.74) is 27.6. The van der Waals surface area contributed by atoms with Crippen LogP contribution in [0, 0.1) is 0 Å². The zero-order chi connectivity index (χ0) is 65.9. The van der Waals surface area contributed by atoms with Gasteiger partial charge in [0.2, 0.25) is 0 Å². The summed E-state index contributed by atoms with van der Waals surface area (Å²) >= 11 is 0. The molecule has 0 radical (unpaired) electrons. The second-order valence-corrected chi connectivity index (χ2v) is 24.1. The predicted octanol–water partition coefficient (Wildman–Crippen LogP) is 25.5. The molecule has 0 spiro atoms. The van der Waals surface area contributed by atoms with E-state index in [1.807, 2.05) is 0 Å². The molecule has 98 heavy (non-hydrogen) atoms. The summed E-state index contributed by atoms with van der Waals surface area (Å²) < 4.78 is 0. The highest BCUT2D eigenvalue weighted by atomic mass is 14.4. The van der Waals surface area contributed by atoms with Gasteiger partial charge >= 0.3 is 0 Å². The Morgan fingerprint density at radius 2 is 0.224 bits per heavy atom. The summed E-state index contributed by atoms with van der Waals surface area (Å²) in [5, 5.41) is 0. The normalized spacial score (nSPS) is 13.0. The highest BCUT2D eigenvalue weighted by Gasteiger charge is 2.33. The molecule has 0 aliphatic heterocycles. The van der Waals surface area contributed by atoms with E-state index in [1.165, 1.54) is 0 Å². The van der Waals surface area contributed by atoms with Crippen LogP contribution in [0.15, 0.2) is 425 Å². The summed E-state index contributed by atoms with van der Waals surface area (Å²) in [6, 6.07) is 155. The van der Waals surface area contributed by atoms with Crippen LogP contribution in [0.2, 0.25) is 0 Å². The van der Waals surface area contributed by atoms with E-state index in [2.05, 4.69) is 437 Å². The standard InChI is InChI=1S/C98H72/c1-15-43-73(44-16-1)71-87(75-47-19-3-20-48-75)89(77-51-23-5-24-52-77)91(79-55-27-7-28-56-79)93(81-59-31-9-32-60-81)95(83-63-35-11-36-64-83)97(85-67-39-13-40-68-85)98(86-69-41-14-42-70-86)96(84-65-37-12-38-66-84)94(82-61-33-10-34-62-82)92(80-57-29-8-30-58-80)90(78-53-25-6-26-54-78)88(76-49-21-4-22-50-76)72-74-45-17-2-18-46-74/h1-72H/b87-71?,88-72?,91-89+,92-90+,95-93+,96-94+,98-97-. The van der Waals surface area contributed by atoms with Crippen LogP contribution in [-0.2, 0) is 0 Å². The van der Waals surface area contributed by atoms with Gasteiger partial charge in [0.1, 0.15) is 0 Å². The lowest BCUT2D eigenvalue weighted by atomic mass is 9.72. The molecule has 0 saturated carbocycles. The van der Waals surface area contributed by atoms with Crippen LogP contribution in [0.1, 0.15) is 77.9 Å². The topological polar surface area (TPSA) is 0 Å². The maximum absolute atomic E-state index is 2.38. The molecule has 0 amide bonds. The van der Waals surface area contributed by atoms with Crippen molar-refractivity contribution in [3.63, 3.8) is 0 Å². The summed E-state index contributed by atoms with van der Waals surface area (Å²) in [5.74, 6) is 0. The van der Waals surface area contributed by atoms with E-state index in [1.54, 1.807) is 0 Å². The molecule has 0 aliphatic rings. The summed E-state index contributed by atoms with van der Waals surface area (Å²) in [7, 11) is 0. The van der Waals surface area contributed by atoms with Crippen molar-refractivity contribution < 1.29 is 0 Å². The lowest BCUT2D eigenvalue weighted by Gasteiger charge is -2.31. The minimum Gasteiger partial charge on any atom is -0.0622 e. The predicted molar refractivity (Wildman–Crippen MR) is 420 cm³/mol. The van der Waals surface area contributed by atoms with Gasteiger partial charge in [0.25, 0.3) is 0 Å². The summed E-state index contributed by atoms with van der Waals surface area (Å²) in [4.78, 5) is 0. The number of hydrogen-bond donors (Lipinski definition) is 0. The Morgan fingerprint density at radius 3 is 0.378 bits per heavy atom. The van der Waals surface area contributed by atoms with Gasteiger partial charge in [-0.2, -0.15) is 0 Å². The van der Waals surface area contributed by atoms with Crippen molar-refractivity contribution in [3.8, 4) is 0 Å². The third kappa shape index (κ3) is 14.2. The summed E-state index contributed by atoms with van der Waals surface area (Å²) in [6.45, 7) is 0. The minimum atomic E-state index is 1.04. The Hall–Kier alpha value is -12.7. The van der Waals surface area contributed by atoms with Crippen LogP contribution < -0.4 is 0 Å². The molecule has 0 fully saturated rings. The first-order valence-electron chi connectivity index (χ1n) is 33.7.